The van der Waals surface area contributed by atoms with Gasteiger partial charge in [0, 0.05) is 11.3 Å². The molecule has 0 fully saturated rings. The van der Waals surface area contributed by atoms with Gasteiger partial charge in [-0.2, -0.15) is 0 Å². The van der Waals surface area contributed by atoms with Crippen LogP contribution >= 0.6 is 12.2 Å². The lowest BCUT2D eigenvalue weighted by atomic mass is 10.1. The third-order valence-electron chi connectivity index (χ3n) is 2.68. The van der Waals surface area contributed by atoms with Crippen molar-refractivity contribution >= 4 is 28.6 Å². The minimum absolute atomic E-state index is 0.0429. The number of hydrogen-bond donors (Lipinski definition) is 2. The van der Waals surface area contributed by atoms with E-state index in [-0.39, 0.29) is 16.2 Å². The number of anilines is 2. The fraction of sp³-hybridized carbons (Fsp3) is 0.0714. The summed E-state index contributed by atoms with van der Waals surface area (Å²) in [6, 6.07) is 10.1. The molecular weight excluding hydrogens is 266 g/mol. The van der Waals surface area contributed by atoms with E-state index >= 15 is 0 Å². The topological polar surface area (TPSA) is 38.0 Å². The first-order valence-corrected chi connectivity index (χ1v) is 6.01. The van der Waals surface area contributed by atoms with Gasteiger partial charge in [0.2, 0.25) is 0 Å². The van der Waals surface area contributed by atoms with Gasteiger partial charge in [-0.1, -0.05) is 29.9 Å². The number of benzene rings is 2. The fourth-order valence-corrected chi connectivity index (χ4v) is 1.79. The predicted molar refractivity (Wildman–Crippen MR) is 76.7 cm³/mol. The second kappa shape index (κ2) is 5.32. The molecule has 3 N–H and O–H groups in total. The van der Waals surface area contributed by atoms with Crippen LogP contribution in [0.3, 0.4) is 0 Å². The summed E-state index contributed by atoms with van der Waals surface area (Å²) >= 11 is 4.65. The summed E-state index contributed by atoms with van der Waals surface area (Å²) in [6.07, 6.45) is 0. The minimum Gasteiger partial charge on any atom is -0.389 e. The molecule has 2 nitrogen and oxygen atoms in total. The molecule has 2 rings (SSSR count). The summed E-state index contributed by atoms with van der Waals surface area (Å²) in [5.41, 5.74) is 7.01. The van der Waals surface area contributed by atoms with Gasteiger partial charge < -0.3 is 11.1 Å². The molecule has 5 heteroatoms. The highest BCUT2D eigenvalue weighted by atomic mass is 32.1. The van der Waals surface area contributed by atoms with Crippen LogP contribution in [0.5, 0.6) is 0 Å². The zero-order chi connectivity index (χ0) is 14.0. The van der Waals surface area contributed by atoms with Gasteiger partial charge in [0.15, 0.2) is 11.6 Å². The summed E-state index contributed by atoms with van der Waals surface area (Å²) < 4.78 is 27.5. The maximum atomic E-state index is 13.8. The Morgan fingerprint density at radius 2 is 1.68 bits per heavy atom. The third-order valence-corrected chi connectivity index (χ3v) is 2.90. The minimum atomic E-state index is -1.04. The van der Waals surface area contributed by atoms with Gasteiger partial charge in [-0.3, -0.25) is 0 Å². The Morgan fingerprint density at radius 3 is 2.26 bits per heavy atom. The third kappa shape index (κ3) is 2.88. The summed E-state index contributed by atoms with van der Waals surface area (Å²) in [5.74, 6) is -2.03. The first kappa shape index (κ1) is 13.4. The van der Waals surface area contributed by atoms with E-state index in [1.165, 1.54) is 12.1 Å². The smallest absolute Gasteiger partial charge is 0.182 e. The quantitative estimate of drug-likeness (QED) is 0.842. The van der Waals surface area contributed by atoms with Crippen LogP contribution in [0.15, 0.2) is 36.4 Å². The summed E-state index contributed by atoms with van der Waals surface area (Å²) in [5, 5.41) is 2.81. The zero-order valence-corrected chi connectivity index (χ0v) is 11.0. The highest BCUT2D eigenvalue weighted by molar-refractivity contribution is 7.80. The molecule has 98 valence electrons. The summed E-state index contributed by atoms with van der Waals surface area (Å²) in [6.45, 7) is 1.95. The SMILES string of the molecule is Cc1ccc(Nc2ccc(C(N)=S)c(F)c2F)cc1. The fourth-order valence-electron chi connectivity index (χ4n) is 1.63. The number of nitrogens with one attached hydrogen (secondary N) is 1. The van der Waals surface area contributed by atoms with Crippen LogP contribution < -0.4 is 11.1 Å². The zero-order valence-electron chi connectivity index (χ0n) is 10.2. The van der Waals surface area contributed by atoms with Gasteiger partial charge in [0.25, 0.3) is 0 Å². The van der Waals surface area contributed by atoms with Crippen molar-refractivity contribution in [2.24, 2.45) is 5.73 Å². The van der Waals surface area contributed by atoms with Crippen LogP contribution in [0.1, 0.15) is 11.1 Å². The van der Waals surface area contributed by atoms with Crippen molar-refractivity contribution in [3.63, 3.8) is 0 Å². The predicted octanol–water partition coefficient (Wildman–Crippen LogP) is 3.65. The highest BCUT2D eigenvalue weighted by Crippen LogP contribution is 2.24. The first-order valence-electron chi connectivity index (χ1n) is 5.60. The molecule has 0 aliphatic heterocycles. The van der Waals surface area contributed by atoms with Gasteiger partial charge in [0.05, 0.1) is 5.69 Å². The number of thiocarbonyl (C=S) groups is 1. The Hall–Kier alpha value is -2.01. The molecule has 0 spiro atoms. The van der Waals surface area contributed by atoms with Gasteiger partial charge in [-0.05, 0) is 31.2 Å². The normalized spacial score (nSPS) is 10.3. The Balaban J connectivity index is 2.34. The largest absolute Gasteiger partial charge is 0.389 e. The number of aryl methyl sites for hydroxylation is 1. The number of hydrogen-bond acceptors (Lipinski definition) is 2. The van der Waals surface area contributed by atoms with E-state index in [4.69, 9.17) is 5.73 Å². The summed E-state index contributed by atoms with van der Waals surface area (Å²) in [4.78, 5) is -0.168. The van der Waals surface area contributed by atoms with Crippen molar-refractivity contribution in [2.45, 2.75) is 6.92 Å². The van der Waals surface area contributed by atoms with Crippen molar-refractivity contribution in [2.75, 3.05) is 5.32 Å². The van der Waals surface area contributed by atoms with Crippen molar-refractivity contribution in [1.82, 2.24) is 0 Å². The Bertz CT molecular complexity index is 624. The average molecular weight is 278 g/mol. The maximum Gasteiger partial charge on any atom is 0.182 e. The molecule has 0 saturated carbocycles. The Labute approximate surface area is 115 Å². The monoisotopic (exact) mass is 278 g/mol. The van der Waals surface area contributed by atoms with Crippen LogP contribution in [0, 0.1) is 18.6 Å². The van der Waals surface area contributed by atoms with Crippen LogP contribution in [0.4, 0.5) is 20.2 Å². The molecule has 0 aliphatic carbocycles. The molecule has 0 saturated heterocycles. The van der Waals surface area contributed by atoms with E-state index in [1.54, 1.807) is 12.1 Å². The van der Waals surface area contributed by atoms with E-state index in [0.29, 0.717) is 5.69 Å². The molecule has 0 bridgehead atoms. The van der Waals surface area contributed by atoms with Crippen LogP contribution in [-0.2, 0) is 0 Å². The molecule has 0 atom stereocenters. The summed E-state index contributed by atoms with van der Waals surface area (Å²) in [7, 11) is 0. The Morgan fingerprint density at radius 1 is 1.05 bits per heavy atom. The van der Waals surface area contributed by atoms with Gasteiger partial charge in [-0.15, -0.1) is 0 Å². The average Bonchev–Trinajstić information content (AvgIpc) is 2.37. The second-order valence-corrected chi connectivity index (χ2v) is 4.58. The second-order valence-electron chi connectivity index (χ2n) is 4.14. The van der Waals surface area contributed by atoms with E-state index in [2.05, 4.69) is 17.5 Å². The van der Waals surface area contributed by atoms with E-state index < -0.39 is 11.6 Å². The van der Waals surface area contributed by atoms with Crippen LogP contribution in [0.25, 0.3) is 0 Å². The highest BCUT2D eigenvalue weighted by Gasteiger charge is 2.14. The van der Waals surface area contributed by atoms with Crippen LogP contribution in [0.2, 0.25) is 0 Å². The standard InChI is InChI=1S/C14H12F2N2S/c1-8-2-4-9(5-3-8)18-11-7-6-10(14(17)19)12(15)13(11)16/h2-7,18H,1H3,(H2,17,19). The molecule has 0 aromatic heterocycles. The Kier molecular flexibility index (Phi) is 3.76. The van der Waals surface area contributed by atoms with Crippen molar-refractivity contribution in [1.29, 1.82) is 0 Å². The van der Waals surface area contributed by atoms with Crippen molar-refractivity contribution in [3.8, 4) is 0 Å². The van der Waals surface area contributed by atoms with E-state index in [9.17, 15) is 8.78 Å². The molecule has 0 heterocycles. The van der Waals surface area contributed by atoms with Crippen molar-refractivity contribution < 1.29 is 8.78 Å². The van der Waals surface area contributed by atoms with Gasteiger partial charge in [0.1, 0.15) is 4.99 Å². The van der Waals surface area contributed by atoms with E-state index in [0.717, 1.165) is 5.56 Å². The number of halogens is 2. The van der Waals surface area contributed by atoms with Gasteiger partial charge >= 0.3 is 0 Å². The van der Waals surface area contributed by atoms with Crippen molar-refractivity contribution in [3.05, 3.63) is 59.2 Å². The molecular formula is C14H12F2N2S. The first-order chi connectivity index (χ1) is 8.99. The lowest BCUT2D eigenvalue weighted by Gasteiger charge is -2.10. The maximum absolute atomic E-state index is 13.8. The van der Waals surface area contributed by atoms with Gasteiger partial charge in [-0.25, -0.2) is 8.78 Å². The molecule has 19 heavy (non-hydrogen) atoms. The lowest BCUT2D eigenvalue weighted by molar-refractivity contribution is 0.510. The number of rotatable bonds is 3. The lowest BCUT2D eigenvalue weighted by Crippen LogP contribution is -2.13. The van der Waals surface area contributed by atoms with E-state index in [1.807, 2.05) is 19.1 Å². The molecule has 2 aromatic rings. The molecule has 0 unspecified atom stereocenters. The number of nitrogens with two attached hydrogens (primary N) is 1. The molecule has 0 amide bonds. The molecule has 0 radical (unpaired) electrons. The molecule has 0 aliphatic rings. The molecule has 2 aromatic carbocycles. The van der Waals surface area contributed by atoms with Crippen LogP contribution in [-0.4, -0.2) is 4.99 Å².